The molecule has 2 nitrogen and oxygen atoms in total. The molecule has 2 aromatic rings. The predicted octanol–water partition coefficient (Wildman–Crippen LogP) is 4.91. The monoisotopic (exact) mass is 325 g/mol. The van der Waals surface area contributed by atoms with Crippen molar-refractivity contribution in [1.82, 2.24) is 0 Å². The zero-order chi connectivity index (χ0) is 13.1. The van der Waals surface area contributed by atoms with Crippen LogP contribution in [0.25, 0.3) is 0 Å². The number of benzene rings is 2. The van der Waals surface area contributed by atoms with Gasteiger partial charge in [-0.2, -0.15) is 5.26 Å². The molecule has 5 heteroatoms. The molecule has 0 radical (unpaired) electrons. The molecule has 2 aromatic carbocycles. The van der Waals surface area contributed by atoms with Crippen LogP contribution in [0.4, 0.5) is 4.39 Å². The van der Waals surface area contributed by atoms with E-state index >= 15 is 0 Å². The third kappa shape index (κ3) is 3.00. The van der Waals surface area contributed by atoms with Gasteiger partial charge in [-0.15, -0.1) is 0 Å². The highest BCUT2D eigenvalue weighted by Crippen LogP contribution is 2.32. The number of nitrogens with zero attached hydrogens (tertiary/aromatic N) is 1. The molecule has 0 saturated carbocycles. The van der Waals surface area contributed by atoms with Gasteiger partial charge in [-0.05, 0) is 30.3 Å². The highest BCUT2D eigenvalue weighted by atomic mass is 79.9. The van der Waals surface area contributed by atoms with Crippen LogP contribution in [0.2, 0.25) is 5.02 Å². The van der Waals surface area contributed by atoms with Crippen LogP contribution >= 0.6 is 27.5 Å². The first-order chi connectivity index (χ1) is 8.58. The zero-order valence-corrected chi connectivity index (χ0v) is 11.3. The Bertz CT molecular complexity index is 639. The maximum atomic E-state index is 13.2. The number of hydrogen-bond donors (Lipinski definition) is 0. The van der Waals surface area contributed by atoms with Crippen LogP contribution in [0.1, 0.15) is 5.56 Å². The van der Waals surface area contributed by atoms with E-state index in [9.17, 15) is 4.39 Å². The van der Waals surface area contributed by atoms with Gasteiger partial charge in [0.05, 0.1) is 16.7 Å². The van der Waals surface area contributed by atoms with Crippen LogP contribution < -0.4 is 4.74 Å². The highest BCUT2D eigenvalue weighted by molar-refractivity contribution is 9.10. The van der Waals surface area contributed by atoms with Crippen LogP contribution in [0.3, 0.4) is 0 Å². The van der Waals surface area contributed by atoms with Crippen molar-refractivity contribution in [3.8, 4) is 17.6 Å². The lowest BCUT2D eigenvalue weighted by atomic mass is 10.2. The van der Waals surface area contributed by atoms with Crippen molar-refractivity contribution in [3.05, 3.63) is 57.3 Å². The quantitative estimate of drug-likeness (QED) is 0.786. The number of halogens is 3. The van der Waals surface area contributed by atoms with Gasteiger partial charge in [-0.25, -0.2) is 4.39 Å². The molecule has 90 valence electrons. The maximum Gasteiger partial charge on any atom is 0.147 e. The van der Waals surface area contributed by atoms with Crippen molar-refractivity contribution in [2.45, 2.75) is 0 Å². The highest BCUT2D eigenvalue weighted by Gasteiger charge is 2.06. The topological polar surface area (TPSA) is 33.0 Å². The third-order valence-electron chi connectivity index (χ3n) is 2.12. The molecular formula is C13H6BrClFNO. The lowest BCUT2D eigenvalue weighted by molar-refractivity contribution is 0.476. The first-order valence-corrected chi connectivity index (χ1v) is 6.09. The van der Waals surface area contributed by atoms with Crippen molar-refractivity contribution >= 4 is 27.5 Å². The molecule has 0 aliphatic heterocycles. The first-order valence-electron chi connectivity index (χ1n) is 4.92. The fourth-order valence-corrected chi connectivity index (χ4v) is 1.86. The molecule has 0 aliphatic rings. The lowest BCUT2D eigenvalue weighted by Crippen LogP contribution is -1.88. The van der Waals surface area contributed by atoms with Crippen LogP contribution in [0.5, 0.6) is 11.5 Å². The van der Waals surface area contributed by atoms with Crippen molar-refractivity contribution in [2.24, 2.45) is 0 Å². The Morgan fingerprint density at radius 2 is 2.00 bits per heavy atom. The molecule has 0 N–H and O–H groups in total. The molecule has 0 aliphatic carbocycles. The van der Waals surface area contributed by atoms with E-state index in [4.69, 9.17) is 21.6 Å². The SMILES string of the molecule is N#Cc1cc(F)cc(Oc2cc(Br)ccc2Cl)c1. The van der Waals surface area contributed by atoms with Gasteiger partial charge in [0.25, 0.3) is 0 Å². The average molecular weight is 327 g/mol. The van der Waals surface area contributed by atoms with Crippen LogP contribution in [-0.2, 0) is 0 Å². The Morgan fingerprint density at radius 3 is 2.72 bits per heavy atom. The van der Waals surface area contributed by atoms with Crippen LogP contribution in [0.15, 0.2) is 40.9 Å². The average Bonchev–Trinajstić information content (AvgIpc) is 2.33. The standard InChI is InChI=1S/C13H6BrClFNO/c14-9-1-2-12(15)13(5-9)18-11-4-8(7-17)3-10(16)6-11/h1-6H. The summed E-state index contributed by atoms with van der Waals surface area (Å²) < 4.78 is 19.5. The molecule has 0 saturated heterocycles. The predicted molar refractivity (Wildman–Crippen MR) is 70.3 cm³/mol. The summed E-state index contributed by atoms with van der Waals surface area (Å²) in [5.74, 6) is 0.0854. The van der Waals surface area contributed by atoms with E-state index in [2.05, 4.69) is 15.9 Å². The van der Waals surface area contributed by atoms with E-state index in [-0.39, 0.29) is 11.3 Å². The minimum absolute atomic E-state index is 0.191. The van der Waals surface area contributed by atoms with Crippen LogP contribution in [0, 0.1) is 17.1 Å². The van der Waals surface area contributed by atoms with Crippen molar-refractivity contribution in [3.63, 3.8) is 0 Å². The second-order valence-electron chi connectivity index (χ2n) is 3.46. The van der Waals surface area contributed by atoms with Gasteiger partial charge >= 0.3 is 0 Å². The molecule has 0 spiro atoms. The fourth-order valence-electron chi connectivity index (χ4n) is 1.37. The largest absolute Gasteiger partial charge is 0.456 e. The van der Waals surface area contributed by atoms with Gasteiger partial charge in [-0.1, -0.05) is 27.5 Å². The number of hydrogen-bond acceptors (Lipinski definition) is 2. The smallest absolute Gasteiger partial charge is 0.147 e. The summed E-state index contributed by atoms with van der Waals surface area (Å²) in [5, 5.41) is 9.15. The first kappa shape index (κ1) is 12.9. The molecular weight excluding hydrogens is 321 g/mol. The van der Waals surface area contributed by atoms with Gasteiger partial charge in [0, 0.05) is 10.5 Å². The Morgan fingerprint density at radius 1 is 1.22 bits per heavy atom. The summed E-state index contributed by atoms with van der Waals surface area (Å²) >= 11 is 9.24. The summed E-state index contributed by atoms with van der Waals surface area (Å²) in [6, 6.07) is 10.7. The van der Waals surface area contributed by atoms with Gasteiger partial charge in [0.1, 0.15) is 17.3 Å². The van der Waals surface area contributed by atoms with Crippen LogP contribution in [-0.4, -0.2) is 0 Å². The lowest BCUT2D eigenvalue weighted by Gasteiger charge is -2.08. The second kappa shape index (κ2) is 5.38. The molecule has 0 aromatic heterocycles. The molecule has 0 bridgehead atoms. The number of nitriles is 1. The Kier molecular flexibility index (Phi) is 3.85. The summed E-state index contributed by atoms with van der Waals surface area (Å²) in [6.07, 6.45) is 0. The molecule has 0 amide bonds. The van der Waals surface area contributed by atoms with Gasteiger partial charge in [0.2, 0.25) is 0 Å². The van der Waals surface area contributed by atoms with Crippen molar-refractivity contribution < 1.29 is 9.13 Å². The minimum Gasteiger partial charge on any atom is -0.456 e. The number of ether oxygens (including phenoxy) is 1. The van der Waals surface area contributed by atoms with E-state index in [0.717, 1.165) is 10.5 Å². The minimum atomic E-state index is -0.532. The summed E-state index contributed by atoms with van der Waals surface area (Å²) in [4.78, 5) is 0. The van der Waals surface area contributed by atoms with E-state index in [1.165, 1.54) is 12.1 Å². The zero-order valence-electron chi connectivity index (χ0n) is 8.95. The molecule has 0 fully saturated rings. The van der Waals surface area contributed by atoms with E-state index in [0.29, 0.717) is 10.8 Å². The van der Waals surface area contributed by atoms with Crippen molar-refractivity contribution in [2.75, 3.05) is 0 Å². The maximum absolute atomic E-state index is 13.2. The summed E-state index contributed by atoms with van der Waals surface area (Å²) in [5.41, 5.74) is 0.191. The van der Waals surface area contributed by atoms with E-state index < -0.39 is 5.82 Å². The van der Waals surface area contributed by atoms with E-state index in [1.807, 2.05) is 6.07 Å². The Balaban J connectivity index is 2.37. The summed E-state index contributed by atoms with van der Waals surface area (Å²) in [6.45, 7) is 0. The second-order valence-corrected chi connectivity index (χ2v) is 4.79. The summed E-state index contributed by atoms with van der Waals surface area (Å²) in [7, 11) is 0. The Hall–Kier alpha value is -1.57. The Labute approximate surface area is 117 Å². The van der Waals surface area contributed by atoms with Gasteiger partial charge in [0.15, 0.2) is 0 Å². The number of rotatable bonds is 2. The molecule has 0 atom stereocenters. The van der Waals surface area contributed by atoms with Gasteiger partial charge in [-0.3, -0.25) is 0 Å². The van der Waals surface area contributed by atoms with Gasteiger partial charge < -0.3 is 4.74 Å². The van der Waals surface area contributed by atoms with E-state index in [1.54, 1.807) is 18.2 Å². The molecule has 0 heterocycles. The molecule has 2 rings (SSSR count). The van der Waals surface area contributed by atoms with Crippen molar-refractivity contribution in [1.29, 1.82) is 5.26 Å². The molecule has 18 heavy (non-hydrogen) atoms. The fraction of sp³-hybridized carbons (Fsp3) is 0. The third-order valence-corrected chi connectivity index (χ3v) is 2.93. The molecule has 0 unspecified atom stereocenters. The normalized spacial score (nSPS) is 9.89.